The zero-order valence-electron chi connectivity index (χ0n) is 6.59. The van der Waals surface area contributed by atoms with Gasteiger partial charge in [0.2, 0.25) is 0 Å². The van der Waals surface area contributed by atoms with Crippen molar-refractivity contribution in [2.24, 2.45) is 5.73 Å². The largest absolute Gasteiger partial charge is 0.468 e. The Morgan fingerprint density at radius 3 is 2.50 bits per heavy atom. The van der Waals surface area contributed by atoms with E-state index in [1.807, 2.05) is 0 Å². The molecule has 0 aromatic heterocycles. The number of hydrogen-bond acceptors (Lipinski definition) is 2. The van der Waals surface area contributed by atoms with Crippen molar-refractivity contribution in [3.05, 3.63) is 0 Å². The van der Waals surface area contributed by atoms with Crippen LogP contribution in [-0.4, -0.2) is 11.3 Å². The van der Waals surface area contributed by atoms with Crippen LogP contribution in [0.5, 0.6) is 0 Å². The number of ether oxygens (including phenoxy) is 1. The molecule has 1 unspecified atom stereocenters. The molecule has 2 nitrogen and oxygen atoms in total. The Labute approximate surface area is 67.7 Å². The zero-order valence-corrected chi connectivity index (χ0v) is 7.41. The summed E-state index contributed by atoms with van der Waals surface area (Å²) in [6.45, 7) is 4.18. The van der Waals surface area contributed by atoms with Gasteiger partial charge in [0.1, 0.15) is 6.10 Å². The number of nitrogens with two attached hydrogens (primary N) is 1. The molecular weight excluding hydrogens is 146 g/mol. The molecule has 0 bridgehead atoms. The van der Waals surface area contributed by atoms with Crippen LogP contribution in [0, 0.1) is 0 Å². The molecule has 0 aliphatic heterocycles. The molecule has 2 N–H and O–H groups in total. The molecule has 0 saturated carbocycles. The highest BCUT2D eigenvalue weighted by molar-refractivity contribution is 7.80. The Hall–Kier alpha value is -0.310. The average Bonchev–Trinajstić information content (AvgIpc) is 1.86. The molecule has 0 amide bonds. The smallest absolute Gasteiger partial charge is 0.254 e. The van der Waals surface area contributed by atoms with Crippen molar-refractivity contribution in [2.75, 3.05) is 0 Å². The summed E-state index contributed by atoms with van der Waals surface area (Å²) < 4.78 is 5.15. The van der Waals surface area contributed by atoms with Gasteiger partial charge in [-0.15, -0.1) is 0 Å². The fourth-order valence-corrected chi connectivity index (χ4v) is 0.969. The summed E-state index contributed by atoms with van der Waals surface area (Å²) in [4.78, 5) is 0. The van der Waals surface area contributed by atoms with Gasteiger partial charge in [-0.2, -0.15) is 0 Å². The maximum atomic E-state index is 5.21. The number of hydrogen-bond donors (Lipinski definition) is 1. The van der Waals surface area contributed by atoms with Crippen molar-refractivity contribution in [1.29, 1.82) is 0 Å². The number of thiocarbonyl (C=S) groups is 1. The van der Waals surface area contributed by atoms with E-state index in [4.69, 9.17) is 10.5 Å². The lowest BCUT2D eigenvalue weighted by atomic mass is 10.2. The third kappa shape index (κ3) is 4.56. The van der Waals surface area contributed by atoms with E-state index in [1.165, 1.54) is 0 Å². The molecule has 10 heavy (non-hydrogen) atoms. The van der Waals surface area contributed by atoms with Crippen LogP contribution in [0.2, 0.25) is 0 Å². The maximum absolute atomic E-state index is 5.21. The summed E-state index contributed by atoms with van der Waals surface area (Å²) >= 11 is 4.61. The van der Waals surface area contributed by atoms with E-state index < -0.39 is 0 Å². The summed E-state index contributed by atoms with van der Waals surface area (Å²) in [5, 5.41) is 0.167. The molecule has 0 spiro atoms. The number of rotatable bonds is 4. The van der Waals surface area contributed by atoms with Crippen LogP contribution in [-0.2, 0) is 4.74 Å². The van der Waals surface area contributed by atoms with Crippen molar-refractivity contribution in [3.8, 4) is 0 Å². The minimum absolute atomic E-state index is 0.167. The minimum Gasteiger partial charge on any atom is -0.468 e. The lowest BCUT2D eigenvalue weighted by Crippen LogP contribution is -2.21. The van der Waals surface area contributed by atoms with Crippen LogP contribution in [0.15, 0.2) is 0 Å². The lowest BCUT2D eigenvalue weighted by Gasteiger charge is -2.14. The van der Waals surface area contributed by atoms with Crippen LogP contribution < -0.4 is 5.73 Å². The SMILES string of the molecule is CCCC(CC)OC(N)=S. The monoisotopic (exact) mass is 161 g/mol. The van der Waals surface area contributed by atoms with Crippen molar-refractivity contribution in [1.82, 2.24) is 0 Å². The van der Waals surface area contributed by atoms with Gasteiger partial charge in [-0.05, 0) is 25.1 Å². The quantitative estimate of drug-likeness (QED) is 0.639. The highest BCUT2D eigenvalue weighted by Crippen LogP contribution is 2.05. The molecule has 0 aromatic carbocycles. The van der Waals surface area contributed by atoms with Gasteiger partial charge in [0, 0.05) is 0 Å². The standard InChI is InChI=1S/C7H15NOS/c1-3-5-6(4-2)9-7(8)10/h6H,3-5H2,1-2H3,(H2,8,10). The van der Waals surface area contributed by atoms with E-state index in [9.17, 15) is 0 Å². The van der Waals surface area contributed by atoms with E-state index >= 15 is 0 Å². The first kappa shape index (κ1) is 9.69. The third-order valence-corrected chi connectivity index (χ3v) is 1.45. The van der Waals surface area contributed by atoms with Crippen molar-refractivity contribution < 1.29 is 4.74 Å². The van der Waals surface area contributed by atoms with Crippen LogP contribution >= 0.6 is 12.2 Å². The molecular formula is C7H15NOS. The minimum atomic E-state index is 0.167. The topological polar surface area (TPSA) is 35.2 Å². The summed E-state index contributed by atoms with van der Waals surface area (Å²) in [5.41, 5.74) is 5.21. The Morgan fingerprint density at radius 1 is 1.60 bits per heavy atom. The zero-order chi connectivity index (χ0) is 7.98. The molecule has 0 radical (unpaired) electrons. The first-order valence-electron chi connectivity index (χ1n) is 3.66. The van der Waals surface area contributed by atoms with Gasteiger partial charge < -0.3 is 10.5 Å². The predicted octanol–water partition coefficient (Wildman–Crippen LogP) is 1.83. The second kappa shape index (κ2) is 5.47. The maximum Gasteiger partial charge on any atom is 0.254 e. The van der Waals surface area contributed by atoms with Gasteiger partial charge >= 0.3 is 0 Å². The van der Waals surface area contributed by atoms with E-state index in [0.717, 1.165) is 19.3 Å². The first-order chi connectivity index (χ1) is 4.70. The van der Waals surface area contributed by atoms with E-state index in [-0.39, 0.29) is 11.3 Å². The molecule has 1 atom stereocenters. The fraction of sp³-hybridized carbons (Fsp3) is 0.857. The molecule has 60 valence electrons. The van der Waals surface area contributed by atoms with Gasteiger partial charge in [0.25, 0.3) is 5.17 Å². The predicted molar refractivity (Wildman–Crippen MR) is 46.9 cm³/mol. The van der Waals surface area contributed by atoms with Gasteiger partial charge in [-0.25, -0.2) is 0 Å². The van der Waals surface area contributed by atoms with Crippen LogP contribution in [0.25, 0.3) is 0 Å². The Bertz CT molecular complexity index is 106. The van der Waals surface area contributed by atoms with Crippen molar-refractivity contribution in [2.45, 2.75) is 39.2 Å². The van der Waals surface area contributed by atoms with Gasteiger partial charge in [0.05, 0.1) is 0 Å². The summed E-state index contributed by atoms with van der Waals surface area (Å²) in [6, 6.07) is 0. The normalized spacial score (nSPS) is 12.6. The van der Waals surface area contributed by atoms with Crippen molar-refractivity contribution in [3.63, 3.8) is 0 Å². The van der Waals surface area contributed by atoms with Gasteiger partial charge in [-0.3, -0.25) is 0 Å². The summed E-state index contributed by atoms with van der Waals surface area (Å²) in [5.74, 6) is 0. The molecule has 0 aliphatic carbocycles. The van der Waals surface area contributed by atoms with Crippen LogP contribution in [0.3, 0.4) is 0 Å². The summed E-state index contributed by atoms with van der Waals surface area (Å²) in [7, 11) is 0. The molecule has 3 heteroatoms. The molecule has 0 aliphatic rings. The highest BCUT2D eigenvalue weighted by atomic mass is 32.1. The third-order valence-electron chi connectivity index (χ3n) is 1.35. The molecule has 0 aromatic rings. The second-order valence-electron chi connectivity index (χ2n) is 2.26. The average molecular weight is 161 g/mol. The Kier molecular flexibility index (Phi) is 5.30. The van der Waals surface area contributed by atoms with Crippen molar-refractivity contribution >= 4 is 17.4 Å². The highest BCUT2D eigenvalue weighted by Gasteiger charge is 2.05. The molecule has 0 fully saturated rings. The Morgan fingerprint density at radius 2 is 2.20 bits per heavy atom. The fourth-order valence-electron chi connectivity index (χ4n) is 0.833. The van der Waals surface area contributed by atoms with Crippen LogP contribution in [0.4, 0.5) is 0 Å². The summed E-state index contributed by atoms with van der Waals surface area (Å²) in [6.07, 6.45) is 3.35. The van der Waals surface area contributed by atoms with Gasteiger partial charge in [-0.1, -0.05) is 20.3 Å². The van der Waals surface area contributed by atoms with E-state index in [2.05, 4.69) is 26.1 Å². The Balaban J connectivity index is 3.49. The lowest BCUT2D eigenvalue weighted by molar-refractivity contribution is 0.175. The second-order valence-corrected chi connectivity index (χ2v) is 2.66. The van der Waals surface area contributed by atoms with E-state index in [0.29, 0.717) is 0 Å². The molecule has 0 rings (SSSR count). The van der Waals surface area contributed by atoms with Crippen LogP contribution in [0.1, 0.15) is 33.1 Å². The first-order valence-corrected chi connectivity index (χ1v) is 4.07. The molecule has 0 saturated heterocycles. The molecule has 0 heterocycles. The van der Waals surface area contributed by atoms with E-state index in [1.54, 1.807) is 0 Å². The van der Waals surface area contributed by atoms with Gasteiger partial charge in [0.15, 0.2) is 0 Å².